The molecule has 0 unspecified atom stereocenters. The molecule has 3 aromatic rings. The number of ketones is 1. The highest BCUT2D eigenvalue weighted by molar-refractivity contribution is 6.04. The number of nitrogens with zero attached hydrogens (tertiary/aromatic N) is 4. The van der Waals surface area contributed by atoms with Crippen LogP contribution in [0.2, 0.25) is 0 Å². The third-order valence-electron chi connectivity index (χ3n) is 7.33. The molecule has 2 heterocycles. The number of amides is 1. The molecule has 216 valence electrons. The lowest BCUT2D eigenvalue weighted by Crippen LogP contribution is -2.45. The van der Waals surface area contributed by atoms with E-state index in [-0.39, 0.29) is 30.0 Å². The van der Waals surface area contributed by atoms with Gasteiger partial charge in [-0.1, -0.05) is 25.6 Å². The number of rotatable bonds is 10. The number of likely N-dealkylation sites (N-methyl/N-ethyl adjacent to an activating group) is 1. The summed E-state index contributed by atoms with van der Waals surface area (Å²) in [5.74, 6) is -0.663. The Kier molecular flexibility index (Phi) is 9.67. The first kappa shape index (κ1) is 30.1. The molecule has 1 aliphatic rings. The van der Waals surface area contributed by atoms with Crippen LogP contribution >= 0.6 is 0 Å². The van der Waals surface area contributed by atoms with Crippen molar-refractivity contribution in [1.29, 1.82) is 0 Å². The highest BCUT2D eigenvalue weighted by atomic mass is 19.4. The Morgan fingerprint density at radius 1 is 0.976 bits per heavy atom. The van der Waals surface area contributed by atoms with Crippen LogP contribution in [0.25, 0.3) is 0 Å². The predicted molar refractivity (Wildman–Crippen MR) is 152 cm³/mol. The minimum absolute atomic E-state index is 0.0799. The zero-order valence-electron chi connectivity index (χ0n) is 23.3. The quantitative estimate of drug-likeness (QED) is 0.346. The molecule has 10 heteroatoms. The number of aryl methyl sites for hydroxylation is 1. The van der Waals surface area contributed by atoms with E-state index < -0.39 is 17.6 Å². The van der Waals surface area contributed by atoms with Gasteiger partial charge in [-0.25, -0.2) is 9.97 Å². The lowest BCUT2D eigenvalue weighted by molar-refractivity contribution is -0.138. The van der Waals surface area contributed by atoms with E-state index in [1.54, 1.807) is 24.3 Å². The van der Waals surface area contributed by atoms with Crippen LogP contribution in [0.5, 0.6) is 0 Å². The van der Waals surface area contributed by atoms with Gasteiger partial charge in [0.25, 0.3) is 5.91 Å². The zero-order chi connectivity index (χ0) is 29.6. The number of aromatic nitrogens is 2. The van der Waals surface area contributed by atoms with Crippen molar-refractivity contribution in [2.75, 3.05) is 38.0 Å². The van der Waals surface area contributed by atoms with E-state index in [9.17, 15) is 22.8 Å². The predicted octanol–water partition coefficient (Wildman–Crippen LogP) is 5.08. The number of carbonyl (C=O) groups is 2. The number of allylic oxidation sites excluding steroid dienone is 1. The van der Waals surface area contributed by atoms with Crippen LogP contribution in [-0.2, 0) is 30.4 Å². The minimum Gasteiger partial charge on any atom is -0.322 e. The van der Waals surface area contributed by atoms with Crippen molar-refractivity contribution in [1.82, 2.24) is 19.8 Å². The molecular weight excluding hydrogens is 531 g/mol. The number of piperazine rings is 1. The molecule has 0 aliphatic carbocycles. The highest BCUT2D eigenvalue weighted by Crippen LogP contribution is 2.35. The lowest BCUT2D eigenvalue weighted by atomic mass is 9.99. The second kappa shape index (κ2) is 13.2. The van der Waals surface area contributed by atoms with Crippen LogP contribution in [0.3, 0.4) is 0 Å². The largest absolute Gasteiger partial charge is 0.416 e. The summed E-state index contributed by atoms with van der Waals surface area (Å²) in [4.78, 5) is 37.5. The molecule has 2 aromatic carbocycles. The van der Waals surface area contributed by atoms with Crippen LogP contribution in [-0.4, -0.2) is 64.2 Å². The zero-order valence-corrected chi connectivity index (χ0v) is 23.3. The van der Waals surface area contributed by atoms with Gasteiger partial charge in [0, 0.05) is 56.1 Å². The van der Waals surface area contributed by atoms with E-state index in [0.29, 0.717) is 36.5 Å². The first-order chi connectivity index (χ1) is 19.5. The molecule has 4 rings (SSSR count). The molecule has 1 saturated heterocycles. The summed E-state index contributed by atoms with van der Waals surface area (Å²) in [6.45, 7) is 11.7. The van der Waals surface area contributed by atoms with E-state index in [1.807, 2.05) is 11.8 Å². The molecule has 0 radical (unpaired) electrons. The summed E-state index contributed by atoms with van der Waals surface area (Å²) in [5.41, 5.74) is 2.83. The Hall–Kier alpha value is -3.89. The number of alkyl halides is 3. The normalized spacial score (nSPS) is 14.6. The topological polar surface area (TPSA) is 78.4 Å². The van der Waals surface area contributed by atoms with Crippen molar-refractivity contribution in [3.05, 3.63) is 101 Å². The lowest BCUT2D eigenvalue weighted by Gasteiger charge is -2.34. The maximum atomic E-state index is 14.0. The Labute approximate surface area is 238 Å². The first-order valence-electron chi connectivity index (χ1n) is 13.6. The van der Waals surface area contributed by atoms with Crippen LogP contribution in [0.15, 0.2) is 61.4 Å². The summed E-state index contributed by atoms with van der Waals surface area (Å²) in [6.07, 6.45) is -1.41. The molecule has 0 saturated carbocycles. The summed E-state index contributed by atoms with van der Waals surface area (Å²) in [5, 5.41) is 2.63. The first-order valence-corrected chi connectivity index (χ1v) is 13.6. The second-order valence-electron chi connectivity index (χ2n) is 10.2. The van der Waals surface area contributed by atoms with Crippen molar-refractivity contribution in [2.45, 2.75) is 39.4 Å². The molecule has 1 amide bonds. The van der Waals surface area contributed by atoms with Crippen LogP contribution < -0.4 is 5.32 Å². The molecule has 0 spiro atoms. The molecule has 1 aromatic heterocycles. The van der Waals surface area contributed by atoms with Crippen molar-refractivity contribution in [2.24, 2.45) is 0 Å². The van der Waals surface area contributed by atoms with Crippen LogP contribution in [0.4, 0.5) is 18.9 Å². The van der Waals surface area contributed by atoms with Gasteiger partial charge in [0.05, 0.1) is 17.7 Å². The third-order valence-corrected chi connectivity index (χ3v) is 7.33. The second-order valence-corrected chi connectivity index (χ2v) is 10.2. The maximum absolute atomic E-state index is 14.0. The van der Waals surface area contributed by atoms with E-state index in [1.165, 1.54) is 24.5 Å². The highest BCUT2D eigenvalue weighted by Gasteiger charge is 2.34. The number of hydrogen-bond acceptors (Lipinski definition) is 6. The van der Waals surface area contributed by atoms with Crippen LogP contribution in [0, 0.1) is 6.92 Å². The van der Waals surface area contributed by atoms with Gasteiger partial charge in [-0.3, -0.25) is 14.5 Å². The Balaban J connectivity index is 1.49. The molecule has 1 aliphatic heterocycles. The number of halogens is 3. The van der Waals surface area contributed by atoms with Gasteiger partial charge in [0.15, 0.2) is 5.78 Å². The van der Waals surface area contributed by atoms with Crippen molar-refractivity contribution in [3.63, 3.8) is 0 Å². The fourth-order valence-corrected chi connectivity index (χ4v) is 4.85. The molecular formula is C31H34F3N5O2. The average Bonchev–Trinajstić information content (AvgIpc) is 2.95. The molecule has 0 bridgehead atoms. The van der Waals surface area contributed by atoms with Gasteiger partial charge in [0.1, 0.15) is 6.33 Å². The Bertz CT molecular complexity index is 1420. The van der Waals surface area contributed by atoms with Gasteiger partial charge in [-0.2, -0.15) is 13.2 Å². The van der Waals surface area contributed by atoms with Gasteiger partial charge < -0.3 is 10.2 Å². The van der Waals surface area contributed by atoms with Gasteiger partial charge in [-0.15, -0.1) is 0 Å². The van der Waals surface area contributed by atoms with Crippen LogP contribution in [0.1, 0.15) is 50.9 Å². The van der Waals surface area contributed by atoms with E-state index >= 15 is 0 Å². The SMILES string of the molecule is C=CC(=O)Cc1cc(Cc2cc(C(=O)Nc3ccc(CN4CCN(CC)CC4)c(C(F)(F)F)c3)ccc2C)ncn1. The number of hydrogen-bond donors (Lipinski definition) is 1. The standard InChI is InChI=1S/C31H34F3N5O2/c1-4-28(40)17-27-16-26(35-20-36-27)15-24-14-22(7-6-21(24)3)30(41)37-25-9-8-23(29(18-25)31(32,33)34)19-39-12-10-38(5-2)11-13-39/h4,6-9,14,16,18,20H,1,5,10-13,15,17,19H2,2-3H3,(H,37,41). The van der Waals surface area contributed by atoms with Crippen molar-refractivity contribution >= 4 is 17.4 Å². The Morgan fingerprint density at radius 2 is 1.68 bits per heavy atom. The third kappa shape index (κ3) is 8.08. The summed E-state index contributed by atoms with van der Waals surface area (Å²) in [6, 6.07) is 10.8. The molecule has 7 nitrogen and oxygen atoms in total. The van der Waals surface area contributed by atoms with Gasteiger partial charge in [0.2, 0.25) is 0 Å². The molecule has 0 atom stereocenters. The number of benzene rings is 2. The maximum Gasteiger partial charge on any atom is 0.416 e. The van der Waals surface area contributed by atoms with E-state index in [4.69, 9.17) is 0 Å². The smallest absolute Gasteiger partial charge is 0.322 e. The minimum atomic E-state index is -4.55. The summed E-state index contributed by atoms with van der Waals surface area (Å²) in [7, 11) is 0. The fourth-order valence-electron chi connectivity index (χ4n) is 4.85. The molecule has 41 heavy (non-hydrogen) atoms. The van der Waals surface area contributed by atoms with E-state index in [0.717, 1.165) is 36.8 Å². The fraction of sp³-hybridized carbons (Fsp3) is 0.355. The van der Waals surface area contributed by atoms with Gasteiger partial charge in [-0.05, 0) is 66.6 Å². The number of nitrogens with one attached hydrogen (secondary N) is 1. The monoisotopic (exact) mass is 565 g/mol. The van der Waals surface area contributed by atoms with Crippen molar-refractivity contribution in [3.8, 4) is 0 Å². The number of carbonyl (C=O) groups excluding carboxylic acids is 2. The molecule has 1 fully saturated rings. The number of anilines is 1. The average molecular weight is 566 g/mol. The Morgan fingerprint density at radius 3 is 2.37 bits per heavy atom. The summed E-state index contributed by atoms with van der Waals surface area (Å²) >= 11 is 0. The van der Waals surface area contributed by atoms with Gasteiger partial charge >= 0.3 is 6.18 Å². The summed E-state index contributed by atoms with van der Waals surface area (Å²) < 4.78 is 42.0. The molecule has 1 N–H and O–H groups in total. The van der Waals surface area contributed by atoms with Crippen molar-refractivity contribution < 1.29 is 22.8 Å². The van der Waals surface area contributed by atoms with E-state index in [2.05, 4.69) is 33.7 Å².